The fourth-order valence-corrected chi connectivity index (χ4v) is 1.12. The van der Waals surface area contributed by atoms with E-state index in [0.29, 0.717) is 4.34 Å². The minimum atomic E-state index is 0.701. The Bertz CT molecular complexity index is 187. The summed E-state index contributed by atoms with van der Waals surface area (Å²) in [5.74, 6) is 0. The van der Waals surface area contributed by atoms with Gasteiger partial charge in [-0.15, -0.1) is 10.2 Å². The quantitative estimate of drug-likeness (QED) is 0.436. The first-order chi connectivity index (χ1) is 3.93. The third-order valence-electron chi connectivity index (χ3n) is 0.473. The monoisotopic (exact) mass is 143 g/mol. The molecule has 3 nitrogen and oxygen atoms in total. The van der Waals surface area contributed by atoms with E-state index in [4.69, 9.17) is 5.26 Å². The number of thioether (sulfide) groups is 1. The highest BCUT2D eigenvalue weighted by atomic mass is 32.2. The summed E-state index contributed by atoms with van der Waals surface area (Å²) in [4.78, 5) is 0. The van der Waals surface area contributed by atoms with Crippen molar-refractivity contribution in [2.75, 3.05) is 0 Å². The molecular weight excluding hydrogens is 142 g/mol. The minimum Gasteiger partial charge on any atom is -0.185 e. The highest BCUT2D eigenvalue weighted by Crippen LogP contribution is 2.16. The van der Waals surface area contributed by atoms with Gasteiger partial charge in [0.1, 0.15) is 10.9 Å². The lowest BCUT2D eigenvalue weighted by atomic mass is 11.6. The van der Waals surface area contributed by atoms with E-state index in [0.717, 1.165) is 11.8 Å². The number of nitriles is 1. The van der Waals surface area contributed by atoms with Gasteiger partial charge in [0.2, 0.25) is 0 Å². The van der Waals surface area contributed by atoms with Crippen molar-refractivity contribution in [2.45, 2.75) is 4.34 Å². The molecule has 0 aromatic carbocycles. The van der Waals surface area contributed by atoms with Crippen molar-refractivity contribution in [3.63, 3.8) is 0 Å². The summed E-state index contributed by atoms with van der Waals surface area (Å²) in [6.07, 6.45) is 0. The molecule has 5 heteroatoms. The molecule has 0 saturated heterocycles. The lowest BCUT2D eigenvalue weighted by Crippen LogP contribution is -1.64. The highest BCUT2D eigenvalue weighted by molar-refractivity contribution is 8.05. The van der Waals surface area contributed by atoms with Gasteiger partial charge >= 0.3 is 0 Å². The molecule has 0 atom stereocenters. The normalized spacial score (nSPS) is 8.38. The Morgan fingerprint density at radius 2 is 2.75 bits per heavy atom. The molecule has 0 bridgehead atoms. The van der Waals surface area contributed by atoms with Crippen LogP contribution in [0.3, 0.4) is 0 Å². The maximum atomic E-state index is 8.09. The summed E-state index contributed by atoms with van der Waals surface area (Å²) in [5, 5.41) is 17.1. The second-order valence-electron chi connectivity index (χ2n) is 0.898. The van der Waals surface area contributed by atoms with Gasteiger partial charge in [0.25, 0.3) is 0 Å². The first-order valence-electron chi connectivity index (χ1n) is 1.75. The van der Waals surface area contributed by atoms with Crippen molar-refractivity contribution in [2.24, 2.45) is 0 Å². The maximum absolute atomic E-state index is 8.09. The average Bonchev–Trinajstić information content (AvgIpc) is 2.19. The van der Waals surface area contributed by atoms with Crippen LogP contribution in [0.1, 0.15) is 0 Å². The number of hydrogen-bond acceptors (Lipinski definition) is 5. The van der Waals surface area contributed by atoms with Gasteiger partial charge in [-0.1, -0.05) is 11.3 Å². The third kappa shape index (κ3) is 1.18. The standard InChI is InChI=1S/C3HN3S2/c4-1-7-3-6-5-2-8-3/h2H. The van der Waals surface area contributed by atoms with E-state index in [2.05, 4.69) is 10.2 Å². The van der Waals surface area contributed by atoms with E-state index in [9.17, 15) is 0 Å². The van der Waals surface area contributed by atoms with Crippen LogP contribution in [0.4, 0.5) is 0 Å². The van der Waals surface area contributed by atoms with Gasteiger partial charge in [-0.25, -0.2) is 0 Å². The second kappa shape index (κ2) is 2.64. The Kier molecular flexibility index (Phi) is 1.83. The summed E-state index contributed by atoms with van der Waals surface area (Å²) < 4.78 is 0.701. The molecule has 1 aromatic heterocycles. The molecule has 0 aliphatic carbocycles. The summed E-state index contributed by atoms with van der Waals surface area (Å²) in [6, 6.07) is 0. The van der Waals surface area contributed by atoms with Crippen molar-refractivity contribution >= 4 is 23.1 Å². The minimum absolute atomic E-state index is 0.701. The zero-order valence-electron chi connectivity index (χ0n) is 3.74. The van der Waals surface area contributed by atoms with Gasteiger partial charge in [0.05, 0.1) is 0 Å². The molecule has 40 valence electrons. The Morgan fingerprint density at radius 3 is 3.25 bits per heavy atom. The molecule has 8 heavy (non-hydrogen) atoms. The zero-order chi connectivity index (χ0) is 5.82. The molecule has 0 aliphatic rings. The summed E-state index contributed by atoms with van der Waals surface area (Å²) in [6.45, 7) is 0. The van der Waals surface area contributed by atoms with Gasteiger partial charge in [0.15, 0.2) is 4.34 Å². The summed E-state index contributed by atoms with van der Waals surface area (Å²) in [5.41, 5.74) is 1.60. The van der Waals surface area contributed by atoms with E-state index in [1.165, 1.54) is 11.3 Å². The van der Waals surface area contributed by atoms with Crippen LogP contribution in [0.5, 0.6) is 0 Å². The number of thiocyanates is 1. The largest absolute Gasteiger partial charge is 0.188 e. The molecule has 0 fully saturated rings. The number of rotatable bonds is 1. The van der Waals surface area contributed by atoms with Gasteiger partial charge < -0.3 is 0 Å². The van der Waals surface area contributed by atoms with Crippen LogP contribution in [0.25, 0.3) is 0 Å². The smallest absolute Gasteiger partial charge is 0.185 e. The molecule has 1 aromatic rings. The fraction of sp³-hybridized carbons (Fsp3) is 0. The molecule has 0 aliphatic heterocycles. The average molecular weight is 143 g/mol. The molecule has 0 N–H and O–H groups in total. The summed E-state index contributed by atoms with van der Waals surface area (Å²) in [7, 11) is 0. The Labute approximate surface area is 54.4 Å². The molecule has 0 radical (unpaired) electrons. The lowest BCUT2D eigenvalue weighted by Gasteiger charge is -1.71. The van der Waals surface area contributed by atoms with Crippen molar-refractivity contribution in [1.82, 2.24) is 10.2 Å². The molecular formula is C3HN3S2. The predicted molar refractivity (Wildman–Crippen MR) is 31.4 cm³/mol. The Hall–Kier alpha value is -0.600. The van der Waals surface area contributed by atoms with Gasteiger partial charge in [0, 0.05) is 11.8 Å². The van der Waals surface area contributed by atoms with Crippen LogP contribution in [0.15, 0.2) is 9.85 Å². The first kappa shape index (κ1) is 5.54. The van der Waals surface area contributed by atoms with Gasteiger partial charge in [-0.2, -0.15) is 5.26 Å². The molecule has 0 amide bonds. The maximum Gasteiger partial charge on any atom is 0.188 e. The van der Waals surface area contributed by atoms with Crippen LogP contribution in [-0.2, 0) is 0 Å². The SMILES string of the molecule is N#CSc1nncs1. The van der Waals surface area contributed by atoms with Crippen molar-refractivity contribution < 1.29 is 0 Å². The van der Waals surface area contributed by atoms with E-state index in [-0.39, 0.29) is 0 Å². The molecule has 0 saturated carbocycles. The van der Waals surface area contributed by atoms with Gasteiger partial charge in [-0.05, 0) is 0 Å². The van der Waals surface area contributed by atoms with Crippen LogP contribution >= 0.6 is 23.1 Å². The number of aromatic nitrogens is 2. The Morgan fingerprint density at radius 1 is 1.88 bits per heavy atom. The molecule has 0 spiro atoms. The first-order valence-corrected chi connectivity index (χ1v) is 3.45. The topological polar surface area (TPSA) is 49.6 Å². The molecule has 1 rings (SSSR count). The third-order valence-corrected chi connectivity index (χ3v) is 1.84. The molecule has 0 unspecified atom stereocenters. The number of hydrogen-bond donors (Lipinski definition) is 0. The van der Waals surface area contributed by atoms with Crippen LogP contribution in [0, 0.1) is 10.7 Å². The second-order valence-corrected chi connectivity index (χ2v) is 2.76. The molecule has 1 heterocycles. The van der Waals surface area contributed by atoms with E-state index >= 15 is 0 Å². The highest BCUT2D eigenvalue weighted by Gasteiger charge is 1.92. The number of nitrogens with zero attached hydrogens (tertiary/aromatic N) is 3. The van der Waals surface area contributed by atoms with Crippen molar-refractivity contribution in [3.05, 3.63) is 5.51 Å². The van der Waals surface area contributed by atoms with Crippen molar-refractivity contribution in [1.29, 1.82) is 5.26 Å². The predicted octanol–water partition coefficient (Wildman–Crippen LogP) is 1.11. The lowest BCUT2D eigenvalue weighted by molar-refractivity contribution is 1.01. The van der Waals surface area contributed by atoms with Crippen LogP contribution < -0.4 is 0 Å². The van der Waals surface area contributed by atoms with E-state index in [1.54, 1.807) is 5.51 Å². The van der Waals surface area contributed by atoms with Crippen LogP contribution in [0.2, 0.25) is 0 Å². The fourth-order valence-electron chi connectivity index (χ4n) is 0.246. The van der Waals surface area contributed by atoms with Crippen LogP contribution in [-0.4, -0.2) is 10.2 Å². The van der Waals surface area contributed by atoms with E-state index < -0.39 is 0 Å². The van der Waals surface area contributed by atoms with E-state index in [1.807, 2.05) is 5.40 Å². The summed E-state index contributed by atoms with van der Waals surface area (Å²) >= 11 is 2.40. The Balaban J connectivity index is 2.67. The van der Waals surface area contributed by atoms with Crippen molar-refractivity contribution in [3.8, 4) is 5.40 Å². The zero-order valence-corrected chi connectivity index (χ0v) is 5.37. The van der Waals surface area contributed by atoms with Gasteiger partial charge in [-0.3, -0.25) is 0 Å².